The number of benzene rings is 2. The minimum Gasteiger partial charge on any atom is -0.325 e. The number of halogens is 2. The maximum absolute atomic E-state index is 12.1. The lowest BCUT2D eigenvalue weighted by Gasteiger charge is -2.09. The zero-order valence-corrected chi connectivity index (χ0v) is 16.7. The second kappa shape index (κ2) is 8.96. The van der Waals surface area contributed by atoms with Gasteiger partial charge in [0.15, 0.2) is 0 Å². The lowest BCUT2D eigenvalue weighted by Crippen LogP contribution is -2.21. The van der Waals surface area contributed by atoms with Crippen LogP contribution in [0.3, 0.4) is 0 Å². The van der Waals surface area contributed by atoms with E-state index in [4.69, 9.17) is 11.6 Å². The van der Waals surface area contributed by atoms with Gasteiger partial charge < -0.3 is 5.32 Å². The fraction of sp³-hybridized carbons (Fsp3) is 0.167. The van der Waals surface area contributed by atoms with Crippen molar-refractivity contribution in [2.75, 3.05) is 5.32 Å². The van der Waals surface area contributed by atoms with E-state index >= 15 is 0 Å². The van der Waals surface area contributed by atoms with Gasteiger partial charge in [-0.3, -0.25) is 9.59 Å². The number of hydrogen-bond donors (Lipinski definition) is 2. The van der Waals surface area contributed by atoms with Crippen molar-refractivity contribution in [2.24, 2.45) is 5.10 Å². The third-order valence-corrected chi connectivity index (χ3v) is 4.30. The fourth-order valence-corrected chi connectivity index (χ4v) is 2.54. The first-order valence-corrected chi connectivity index (χ1v) is 8.96. The highest BCUT2D eigenvalue weighted by atomic mass is 127. The molecule has 2 rings (SSSR count). The van der Waals surface area contributed by atoms with Crippen LogP contribution in [0.1, 0.15) is 29.3 Å². The molecule has 2 aromatic rings. The van der Waals surface area contributed by atoms with Crippen LogP contribution in [0.5, 0.6) is 0 Å². The van der Waals surface area contributed by atoms with Crippen molar-refractivity contribution in [3.05, 3.63) is 62.2 Å². The molecule has 0 aliphatic rings. The Labute approximate surface area is 165 Å². The van der Waals surface area contributed by atoms with Gasteiger partial charge in [0.05, 0.1) is 6.42 Å². The van der Waals surface area contributed by atoms with Gasteiger partial charge in [0.1, 0.15) is 0 Å². The zero-order valence-electron chi connectivity index (χ0n) is 13.8. The Morgan fingerprint density at radius 1 is 1.16 bits per heavy atom. The number of hydrazone groups is 1. The summed E-state index contributed by atoms with van der Waals surface area (Å²) < 4.78 is 1.04. The molecule has 0 radical (unpaired) electrons. The maximum atomic E-state index is 12.1. The maximum Gasteiger partial charge on any atom is 0.271 e. The summed E-state index contributed by atoms with van der Waals surface area (Å²) in [5, 5.41) is 7.31. The number of carbonyl (C=O) groups excluding carboxylic acids is 2. The van der Waals surface area contributed by atoms with Crippen molar-refractivity contribution in [3.63, 3.8) is 0 Å². The van der Waals surface area contributed by atoms with Gasteiger partial charge in [0, 0.05) is 25.6 Å². The van der Waals surface area contributed by atoms with E-state index in [0.29, 0.717) is 22.0 Å². The lowest BCUT2D eigenvalue weighted by molar-refractivity contribution is -0.115. The van der Waals surface area contributed by atoms with E-state index in [-0.39, 0.29) is 18.2 Å². The molecule has 25 heavy (non-hydrogen) atoms. The Kier molecular flexibility index (Phi) is 6.95. The number of aryl methyl sites for hydroxylation is 1. The van der Waals surface area contributed by atoms with Crippen molar-refractivity contribution < 1.29 is 9.59 Å². The summed E-state index contributed by atoms with van der Waals surface area (Å²) in [7, 11) is 0. The van der Waals surface area contributed by atoms with Crippen LogP contribution in [0.15, 0.2) is 47.6 Å². The molecular formula is C18H17ClIN3O2. The second-order valence-electron chi connectivity index (χ2n) is 5.48. The van der Waals surface area contributed by atoms with Gasteiger partial charge in [0.2, 0.25) is 5.91 Å². The minimum atomic E-state index is -0.318. The van der Waals surface area contributed by atoms with Crippen LogP contribution in [-0.4, -0.2) is 17.5 Å². The number of anilines is 1. The van der Waals surface area contributed by atoms with E-state index in [1.807, 2.05) is 25.1 Å². The summed E-state index contributed by atoms with van der Waals surface area (Å²) in [6.07, 6.45) is 0.0684. The monoisotopic (exact) mass is 469 g/mol. The number of rotatable bonds is 5. The summed E-state index contributed by atoms with van der Waals surface area (Å²) in [6.45, 7) is 3.56. The Hall–Kier alpha value is -1.93. The molecule has 0 spiro atoms. The van der Waals surface area contributed by atoms with E-state index in [2.05, 4.69) is 38.4 Å². The molecule has 0 saturated carbocycles. The molecule has 0 saturated heterocycles. The van der Waals surface area contributed by atoms with Gasteiger partial charge in [0.25, 0.3) is 5.91 Å². The van der Waals surface area contributed by atoms with Crippen LogP contribution < -0.4 is 10.7 Å². The average Bonchev–Trinajstić information content (AvgIpc) is 2.56. The number of nitrogens with one attached hydrogen (secondary N) is 2. The minimum absolute atomic E-state index is 0.0684. The highest BCUT2D eigenvalue weighted by molar-refractivity contribution is 14.1. The average molecular weight is 470 g/mol. The van der Waals surface area contributed by atoms with Gasteiger partial charge >= 0.3 is 0 Å². The molecule has 7 heteroatoms. The Bertz CT molecular complexity index is 820. The Morgan fingerprint density at radius 2 is 1.84 bits per heavy atom. The fourth-order valence-electron chi connectivity index (χ4n) is 2.01. The molecule has 5 nitrogen and oxygen atoms in total. The van der Waals surface area contributed by atoms with Crippen LogP contribution >= 0.6 is 34.2 Å². The van der Waals surface area contributed by atoms with E-state index in [1.54, 1.807) is 31.2 Å². The zero-order chi connectivity index (χ0) is 18.4. The first kappa shape index (κ1) is 19.4. The van der Waals surface area contributed by atoms with Gasteiger partial charge in [-0.25, -0.2) is 5.43 Å². The summed E-state index contributed by atoms with van der Waals surface area (Å²) in [5.74, 6) is -0.544. The molecule has 0 bridgehead atoms. The molecule has 0 atom stereocenters. The van der Waals surface area contributed by atoms with Gasteiger partial charge in [-0.05, 0) is 78.4 Å². The van der Waals surface area contributed by atoms with Gasteiger partial charge in [-0.2, -0.15) is 5.10 Å². The summed E-state index contributed by atoms with van der Waals surface area (Å²) in [5.41, 5.74) is 5.04. The summed E-state index contributed by atoms with van der Waals surface area (Å²) in [4.78, 5) is 24.1. The number of amides is 2. The highest BCUT2D eigenvalue weighted by Gasteiger charge is 2.08. The van der Waals surface area contributed by atoms with Crippen molar-refractivity contribution >= 4 is 57.4 Å². The van der Waals surface area contributed by atoms with Crippen LogP contribution in [-0.2, 0) is 4.79 Å². The molecule has 130 valence electrons. The molecule has 0 aliphatic heterocycles. The molecule has 0 heterocycles. The molecule has 2 aromatic carbocycles. The molecule has 0 unspecified atom stereocenters. The second-order valence-corrected chi connectivity index (χ2v) is 7.16. The molecule has 0 fully saturated rings. The van der Waals surface area contributed by atoms with Crippen molar-refractivity contribution in [1.82, 2.24) is 5.43 Å². The van der Waals surface area contributed by atoms with Crippen LogP contribution in [0, 0.1) is 10.5 Å². The van der Waals surface area contributed by atoms with E-state index in [0.717, 1.165) is 9.13 Å². The van der Waals surface area contributed by atoms with E-state index in [1.165, 1.54) is 0 Å². The largest absolute Gasteiger partial charge is 0.325 e. The molecule has 0 aliphatic carbocycles. The topological polar surface area (TPSA) is 70.6 Å². The summed E-state index contributed by atoms with van der Waals surface area (Å²) >= 11 is 8.10. The smallest absolute Gasteiger partial charge is 0.271 e. The third-order valence-electron chi connectivity index (χ3n) is 3.34. The third kappa shape index (κ3) is 6.13. The quantitative estimate of drug-likeness (QED) is 0.387. The van der Waals surface area contributed by atoms with Crippen molar-refractivity contribution in [3.8, 4) is 0 Å². The molecule has 2 amide bonds. The van der Waals surface area contributed by atoms with E-state index in [9.17, 15) is 9.59 Å². The number of hydrogen-bond acceptors (Lipinski definition) is 3. The normalized spacial score (nSPS) is 11.1. The molecular weight excluding hydrogens is 453 g/mol. The van der Waals surface area contributed by atoms with E-state index < -0.39 is 0 Å². The first-order valence-electron chi connectivity index (χ1n) is 7.50. The SMILES string of the molecule is C/C(CC(=O)Nc1cc(Cl)ccc1C)=N\NC(=O)c1ccc(I)cc1. The predicted octanol–water partition coefficient (Wildman–Crippen LogP) is 4.39. The first-order chi connectivity index (χ1) is 11.8. The summed E-state index contributed by atoms with van der Waals surface area (Å²) in [6, 6.07) is 12.4. The van der Waals surface area contributed by atoms with Crippen LogP contribution in [0.25, 0.3) is 0 Å². The lowest BCUT2D eigenvalue weighted by atomic mass is 10.2. The van der Waals surface area contributed by atoms with Gasteiger partial charge in [-0.1, -0.05) is 17.7 Å². The number of carbonyl (C=O) groups is 2. The highest BCUT2D eigenvalue weighted by Crippen LogP contribution is 2.20. The molecule has 2 N–H and O–H groups in total. The van der Waals surface area contributed by atoms with Crippen LogP contribution in [0.4, 0.5) is 5.69 Å². The van der Waals surface area contributed by atoms with Crippen LogP contribution in [0.2, 0.25) is 5.02 Å². The Morgan fingerprint density at radius 3 is 2.52 bits per heavy atom. The van der Waals surface area contributed by atoms with Gasteiger partial charge in [-0.15, -0.1) is 0 Å². The van der Waals surface area contributed by atoms with Crippen molar-refractivity contribution in [2.45, 2.75) is 20.3 Å². The standard InChI is InChI=1S/C18H17ClIN3O2/c1-11-3-6-14(19)10-16(11)21-17(24)9-12(2)22-23-18(25)13-4-7-15(20)8-5-13/h3-8,10H,9H2,1-2H3,(H,21,24)(H,23,25)/b22-12+. The molecule has 0 aromatic heterocycles. The number of nitrogens with zero attached hydrogens (tertiary/aromatic N) is 1. The predicted molar refractivity (Wildman–Crippen MR) is 109 cm³/mol. The Balaban J connectivity index is 1.91. The van der Waals surface area contributed by atoms with Crippen molar-refractivity contribution in [1.29, 1.82) is 0 Å².